The molecule has 34 heavy (non-hydrogen) atoms. The van der Waals surface area contributed by atoms with Gasteiger partial charge in [-0.05, 0) is 80.6 Å². The third-order valence-corrected chi connectivity index (χ3v) is 7.15. The summed E-state index contributed by atoms with van der Waals surface area (Å²) in [6.45, 7) is 9.91. The van der Waals surface area contributed by atoms with E-state index < -0.39 is 18.2 Å². The molecule has 1 aromatic heterocycles. The number of aromatic nitrogens is 1. The number of pyridine rings is 1. The molecule has 184 valence electrons. The van der Waals surface area contributed by atoms with Crippen LogP contribution in [0.3, 0.4) is 0 Å². The molecular formula is C26H30F5N3. The van der Waals surface area contributed by atoms with E-state index in [1.807, 2.05) is 0 Å². The van der Waals surface area contributed by atoms with E-state index in [1.165, 1.54) is 12.1 Å². The fraction of sp³-hybridized carbons (Fsp3) is 0.500. The van der Waals surface area contributed by atoms with Gasteiger partial charge in [-0.3, -0.25) is 4.98 Å². The minimum absolute atomic E-state index is 0.0207. The molecule has 0 unspecified atom stereocenters. The van der Waals surface area contributed by atoms with Gasteiger partial charge in [-0.25, -0.2) is 8.78 Å². The van der Waals surface area contributed by atoms with E-state index in [0.29, 0.717) is 12.0 Å². The fourth-order valence-corrected chi connectivity index (χ4v) is 5.23. The Morgan fingerprint density at radius 2 is 1.85 bits per heavy atom. The second-order valence-corrected chi connectivity index (χ2v) is 9.67. The molecule has 1 aromatic carbocycles. The van der Waals surface area contributed by atoms with Gasteiger partial charge in [0.1, 0.15) is 0 Å². The van der Waals surface area contributed by atoms with Crippen LogP contribution in [-0.4, -0.2) is 29.5 Å². The molecule has 0 aliphatic carbocycles. The molecule has 2 aliphatic heterocycles. The van der Waals surface area contributed by atoms with Crippen LogP contribution in [0.2, 0.25) is 0 Å². The van der Waals surface area contributed by atoms with Crippen molar-refractivity contribution in [2.75, 3.05) is 25.0 Å². The quantitative estimate of drug-likeness (QED) is 0.449. The van der Waals surface area contributed by atoms with E-state index in [-0.39, 0.29) is 22.6 Å². The maximum absolute atomic E-state index is 13.5. The second-order valence-electron chi connectivity index (χ2n) is 9.67. The molecule has 0 radical (unpaired) electrons. The number of nitrogens with one attached hydrogen (secondary N) is 1. The van der Waals surface area contributed by atoms with Crippen LogP contribution in [-0.2, 0) is 18.0 Å². The maximum Gasteiger partial charge on any atom is 0.418 e. The molecule has 2 aromatic rings. The number of nitrogens with zero attached hydrogens (tertiary/aromatic N) is 2. The van der Waals surface area contributed by atoms with Crippen molar-refractivity contribution in [2.24, 2.45) is 0 Å². The number of halogens is 5. The predicted molar refractivity (Wildman–Crippen MR) is 123 cm³/mol. The highest BCUT2D eigenvalue weighted by atomic mass is 19.4. The zero-order chi connectivity index (χ0) is 24.7. The number of fused-ring (bicyclic) bond motifs is 2. The molecular weight excluding hydrogens is 449 g/mol. The number of aryl methyl sites for hydroxylation is 1. The van der Waals surface area contributed by atoms with E-state index in [0.717, 1.165) is 55.8 Å². The molecule has 2 aliphatic rings. The molecule has 1 saturated heterocycles. The zero-order valence-corrected chi connectivity index (χ0v) is 19.5. The van der Waals surface area contributed by atoms with Gasteiger partial charge in [0.15, 0.2) is 0 Å². The third kappa shape index (κ3) is 4.69. The Labute approximate surface area is 197 Å². The van der Waals surface area contributed by atoms with Gasteiger partial charge in [-0.15, -0.1) is 0 Å². The van der Waals surface area contributed by atoms with Gasteiger partial charge in [0.2, 0.25) is 0 Å². The summed E-state index contributed by atoms with van der Waals surface area (Å²) in [5, 5.41) is 3.28. The lowest BCUT2D eigenvalue weighted by molar-refractivity contribution is -0.138. The lowest BCUT2D eigenvalue weighted by atomic mass is 9.72. The van der Waals surface area contributed by atoms with Crippen LogP contribution in [0.1, 0.15) is 73.4 Å². The number of alkyl halides is 5. The highest BCUT2D eigenvalue weighted by Crippen LogP contribution is 2.50. The van der Waals surface area contributed by atoms with E-state index in [9.17, 15) is 22.0 Å². The number of anilines is 1. The molecule has 0 amide bonds. The number of hydrogen-bond acceptors (Lipinski definition) is 3. The number of likely N-dealkylation sites (tertiary alicyclic amines) is 1. The molecule has 1 spiro atoms. The van der Waals surface area contributed by atoms with E-state index in [2.05, 4.69) is 21.8 Å². The first-order valence-electron chi connectivity index (χ1n) is 11.7. The van der Waals surface area contributed by atoms with Gasteiger partial charge < -0.3 is 10.2 Å². The van der Waals surface area contributed by atoms with E-state index in [1.54, 1.807) is 32.2 Å². The predicted octanol–water partition coefficient (Wildman–Crippen LogP) is 7.07. The number of piperidine rings is 1. The Bertz CT molecular complexity index is 1050. The number of rotatable bonds is 6. The van der Waals surface area contributed by atoms with Crippen molar-refractivity contribution < 1.29 is 22.0 Å². The molecule has 8 heteroatoms. The average Bonchev–Trinajstić information content (AvgIpc) is 3.04. The van der Waals surface area contributed by atoms with Crippen LogP contribution in [0.15, 0.2) is 42.7 Å². The first kappa shape index (κ1) is 24.6. The SMILES string of the molecule is C=C1Nc2ccc(C(F)F)cc2C12CCN(CCCc1cnc(C(C)C)c(C(F)(F)F)c1)CC2. The van der Waals surface area contributed by atoms with Crippen molar-refractivity contribution in [2.45, 2.75) is 63.5 Å². The van der Waals surface area contributed by atoms with Crippen molar-refractivity contribution in [3.8, 4) is 0 Å². The average molecular weight is 480 g/mol. The summed E-state index contributed by atoms with van der Waals surface area (Å²) in [5.74, 6) is -0.298. The van der Waals surface area contributed by atoms with E-state index in [4.69, 9.17) is 0 Å². The normalized spacial score (nSPS) is 18.1. The van der Waals surface area contributed by atoms with Gasteiger partial charge in [0, 0.05) is 28.6 Å². The van der Waals surface area contributed by atoms with Crippen LogP contribution in [0.25, 0.3) is 0 Å². The van der Waals surface area contributed by atoms with Gasteiger partial charge in [0.25, 0.3) is 6.43 Å². The van der Waals surface area contributed by atoms with Crippen LogP contribution in [0, 0.1) is 0 Å². The Kier molecular flexibility index (Phi) is 6.73. The van der Waals surface area contributed by atoms with Gasteiger partial charge >= 0.3 is 6.18 Å². The topological polar surface area (TPSA) is 28.2 Å². The number of benzene rings is 1. The molecule has 4 rings (SSSR count). The van der Waals surface area contributed by atoms with Crippen molar-refractivity contribution in [3.63, 3.8) is 0 Å². The highest BCUT2D eigenvalue weighted by Gasteiger charge is 2.44. The summed E-state index contributed by atoms with van der Waals surface area (Å²) in [5.41, 5.74) is 2.29. The van der Waals surface area contributed by atoms with Gasteiger partial charge in [-0.2, -0.15) is 13.2 Å². The summed E-state index contributed by atoms with van der Waals surface area (Å²) < 4.78 is 66.9. The fourth-order valence-electron chi connectivity index (χ4n) is 5.23. The first-order chi connectivity index (χ1) is 16.0. The largest absolute Gasteiger partial charge is 0.418 e. The molecule has 3 nitrogen and oxygen atoms in total. The van der Waals surface area contributed by atoms with Crippen molar-refractivity contribution in [3.05, 3.63) is 70.7 Å². The van der Waals surface area contributed by atoms with E-state index >= 15 is 0 Å². The minimum Gasteiger partial charge on any atom is -0.358 e. The van der Waals surface area contributed by atoms with Gasteiger partial charge in [-0.1, -0.05) is 26.5 Å². The summed E-state index contributed by atoms with van der Waals surface area (Å²) in [6.07, 6.45) is -2.60. The van der Waals surface area contributed by atoms with Crippen LogP contribution >= 0.6 is 0 Å². The standard InChI is InChI=1S/C26H30F5N3/c1-16(2)23-21(26(29,30)31)13-18(15-32-23)5-4-10-34-11-8-25(9-12-34)17(3)33-22-7-6-19(24(27)28)14-20(22)25/h6-7,13-16,24,33H,3-5,8-12H2,1-2H3. The number of hydrogen-bond donors (Lipinski definition) is 1. The molecule has 1 N–H and O–H groups in total. The molecule has 0 saturated carbocycles. The Hall–Kier alpha value is -2.48. The van der Waals surface area contributed by atoms with Crippen molar-refractivity contribution >= 4 is 5.69 Å². The van der Waals surface area contributed by atoms with Crippen molar-refractivity contribution in [1.29, 1.82) is 0 Å². The molecule has 1 fully saturated rings. The Morgan fingerprint density at radius 1 is 1.15 bits per heavy atom. The Morgan fingerprint density at radius 3 is 2.47 bits per heavy atom. The third-order valence-electron chi connectivity index (χ3n) is 7.15. The molecule has 0 atom stereocenters. The zero-order valence-electron chi connectivity index (χ0n) is 19.5. The van der Waals surface area contributed by atoms with Crippen molar-refractivity contribution in [1.82, 2.24) is 9.88 Å². The second kappa shape index (κ2) is 9.29. The lowest BCUT2D eigenvalue weighted by Gasteiger charge is -2.40. The number of allylic oxidation sites excluding steroid dienone is 1. The first-order valence-corrected chi connectivity index (χ1v) is 11.7. The summed E-state index contributed by atoms with van der Waals surface area (Å²) >= 11 is 0. The van der Waals surface area contributed by atoms with Crippen LogP contribution in [0.5, 0.6) is 0 Å². The smallest absolute Gasteiger partial charge is 0.358 e. The summed E-state index contributed by atoms with van der Waals surface area (Å²) in [6, 6.07) is 5.99. The lowest BCUT2D eigenvalue weighted by Crippen LogP contribution is -2.43. The maximum atomic E-state index is 13.5. The highest BCUT2D eigenvalue weighted by molar-refractivity contribution is 5.69. The Balaban J connectivity index is 1.37. The minimum atomic E-state index is -4.41. The van der Waals surface area contributed by atoms with Crippen LogP contribution in [0.4, 0.5) is 27.6 Å². The molecule has 0 bridgehead atoms. The summed E-state index contributed by atoms with van der Waals surface area (Å²) in [7, 11) is 0. The molecule has 3 heterocycles. The summed E-state index contributed by atoms with van der Waals surface area (Å²) in [4.78, 5) is 6.39. The van der Waals surface area contributed by atoms with Crippen LogP contribution < -0.4 is 5.32 Å². The monoisotopic (exact) mass is 479 g/mol. The van der Waals surface area contributed by atoms with Gasteiger partial charge in [0.05, 0.1) is 11.3 Å².